The van der Waals surface area contributed by atoms with Gasteiger partial charge >= 0.3 is 5.97 Å². The molecule has 1 saturated heterocycles. The number of benzene rings is 1. The van der Waals surface area contributed by atoms with Gasteiger partial charge in [0, 0.05) is 24.7 Å². The van der Waals surface area contributed by atoms with Gasteiger partial charge in [0.2, 0.25) is 0 Å². The van der Waals surface area contributed by atoms with Crippen LogP contribution < -0.4 is 0 Å². The van der Waals surface area contributed by atoms with E-state index in [-0.39, 0.29) is 6.61 Å². The number of nitrogens with zero attached hydrogens (tertiary/aromatic N) is 2. The number of likely N-dealkylation sites (tertiary alicyclic amines) is 1. The second-order valence-electron chi connectivity index (χ2n) is 5.20. The monoisotopic (exact) mass is 294 g/mol. The Morgan fingerprint density at radius 3 is 2.85 bits per heavy atom. The first-order valence-electron chi connectivity index (χ1n) is 6.18. The van der Waals surface area contributed by atoms with Gasteiger partial charge in [-0.15, -0.1) is 0 Å². The zero-order valence-electron chi connectivity index (χ0n) is 11.1. The summed E-state index contributed by atoms with van der Waals surface area (Å²) in [6.45, 7) is 3.61. The highest BCUT2D eigenvalue weighted by Gasteiger charge is 2.40. The molecular formula is C14H15ClN2O3. The molecule has 2 rings (SSSR count). The summed E-state index contributed by atoms with van der Waals surface area (Å²) in [5.41, 5.74) is 1.08. The second-order valence-corrected chi connectivity index (χ2v) is 5.60. The van der Waals surface area contributed by atoms with Crippen molar-refractivity contribution < 1.29 is 14.6 Å². The molecule has 1 aromatic rings. The maximum atomic E-state index is 10.5. The second kappa shape index (κ2) is 5.80. The predicted octanol–water partition coefficient (Wildman–Crippen LogP) is 1.89. The number of hydrogen-bond donors (Lipinski definition) is 1. The van der Waals surface area contributed by atoms with Crippen LogP contribution in [0.5, 0.6) is 0 Å². The lowest BCUT2D eigenvalue weighted by atomic mass is 9.95. The van der Waals surface area contributed by atoms with E-state index in [2.05, 4.69) is 4.90 Å². The SMILES string of the molecule is CC1(OCC(=O)O)CN(Cc2ccc(C#N)cc2Cl)C1. The average Bonchev–Trinajstić information content (AvgIpc) is 2.36. The Morgan fingerprint density at radius 2 is 2.30 bits per heavy atom. The van der Waals surface area contributed by atoms with Crippen molar-refractivity contribution in [3.63, 3.8) is 0 Å². The predicted molar refractivity (Wildman–Crippen MR) is 73.4 cm³/mol. The van der Waals surface area contributed by atoms with E-state index in [4.69, 9.17) is 26.7 Å². The highest BCUT2D eigenvalue weighted by atomic mass is 35.5. The summed E-state index contributed by atoms with van der Waals surface area (Å²) in [5, 5.41) is 18.0. The zero-order chi connectivity index (χ0) is 14.8. The van der Waals surface area contributed by atoms with Crippen LogP contribution in [-0.2, 0) is 16.1 Å². The molecule has 1 aliphatic rings. The lowest BCUT2D eigenvalue weighted by Gasteiger charge is -2.47. The van der Waals surface area contributed by atoms with E-state index >= 15 is 0 Å². The summed E-state index contributed by atoms with van der Waals surface area (Å²) in [6.07, 6.45) is 0. The van der Waals surface area contributed by atoms with Gasteiger partial charge in [-0.25, -0.2) is 4.79 Å². The first-order chi connectivity index (χ1) is 9.42. The number of aliphatic carboxylic acids is 1. The maximum absolute atomic E-state index is 10.5. The van der Waals surface area contributed by atoms with E-state index in [0.717, 1.165) is 5.56 Å². The molecule has 0 aromatic heterocycles. The van der Waals surface area contributed by atoms with Crippen molar-refractivity contribution in [2.75, 3.05) is 19.7 Å². The van der Waals surface area contributed by atoms with Crippen LogP contribution in [0.15, 0.2) is 18.2 Å². The van der Waals surface area contributed by atoms with Gasteiger partial charge in [-0.05, 0) is 24.6 Å². The summed E-state index contributed by atoms with van der Waals surface area (Å²) in [6, 6.07) is 7.27. The molecule has 1 aromatic carbocycles. The minimum Gasteiger partial charge on any atom is -0.480 e. The number of nitriles is 1. The van der Waals surface area contributed by atoms with Gasteiger partial charge in [0.25, 0.3) is 0 Å². The molecule has 0 radical (unpaired) electrons. The topological polar surface area (TPSA) is 73.6 Å². The van der Waals surface area contributed by atoms with Gasteiger partial charge < -0.3 is 9.84 Å². The summed E-state index contributed by atoms with van der Waals surface area (Å²) in [4.78, 5) is 12.6. The van der Waals surface area contributed by atoms with Gasteiger partial charge in [-0.3, -0.25) is 4.90 Å². The van der Waals surface area contributed by atoms with E-state index in [1.807, 2.05) is 19.1 Å². The fourth-order valence-electron chi connectivity index (χ4n) is 2.32. The van der Waals surface area contributed by atoms with Crippen LogP contribution in [0.1, 0.15) is 18.1 Å². The molecule has 1 fully saturated rings. The highest BCUT2D eigenvalue weighted by molar-refractivity contribution is 6.31. The third-order valence-corrected chi connectivity index (χ3v) is 3.59. The molecule has 20 heavy (non-hydrogen) atoms. The van der Waals surface area contributed by atoms with Gasteiger partial charge in [-0.2, -0.15) is 5.26 Å². The van der Waals surface area contributed by atoms with Crippen LogP contribution >= 0.6 is 11.6 Å². The van der Waals surface area contributed by atoms with Gasteiger partial charge in [-0.1, -0.05) is 17.7 Å². The van der Waals surface area contributed by atoms with Crippen molar-refractivity contribution in [1.29, 1.82) is 5.26 Å². The molecule has 5 nitrogen and oxygen atoms in total. The Balaban J connectivity index is 1.88. The maximum Gasteiger partial charge on any atom is 0.329 e. The van der Waals surface area contributed by atoms with Crippen LogP contribution in [-0.4, -0.2) is 41.3 Å². The number of hydrogen-bond acceptors (Lipinski definition) is 4. The quantitative estimate of drug-likeness (QED) is 0.897. The fourth-order valence-corrected chi connectivity index (χ4v) is 2.57. The number of ether oxygens (including phenoxy) is 1. The normalized spacial score (nSPS) is 17.2. The van der Waals surface area contributed by atoms with E-state index in [0.29, 0.717) is 30.2 Å². The molecule has 1 heterocycles. The molecule has 1 N–H and O–H groups in total. The number of carboxylic acids is 1. The Hall–Kier alpha value is -1.61. The average molecular weight is 295 g/mol. The van der Waals surface area contributed by atoms with E-state index < -0.39 is 11.6 Å². The third kappa shape index (κ3) is 3.48. The molecule has 1 aliphatic heterocycles. The van der Waals surface area contributed by atoms with Crippen molar-refractivity contribution in [3.8, 4) is 6.07 Å². The van der Waals surface area contributed by atoms with Gasteiger partial charge in [0.15, 0.2) is 0 Å². The third-order valence-electron chi connectivity index (χ3n) is 3.24. The van der Waals surface area contributed by atoms with E-state index in [1.165, 1.54) is 0 Å². The molecular weight excluding hydrogens is 280 g/mol. The Labute approximate surface area is 122 Å². The van der Waals surface area contributed by atoms with Gasteiger partial charge in [0.05, 0.1) is 17.2 Å². The smallest absolute Gasteiger partial charge is 0.329 e. The molecule has 0 atom stereocenters. The fraction of sp³-hybridized carbons (Fsp3) is 0.429. The summed E-state index contributed by atoms with van der Waals surface area (Å²) < 4.78 is 5.34. The molecule has 0 spiro atoms. The van der Waals surface area contributed by atoms with Crippen molar-refractivity contribution in [1.82, 2.24) is 4.90 Å². The van der Waals surface area contributed by atoms with Crippen molar-refractivity contribution in [3.05, 3.63) is 34.3 Å². The first kappa shape index (κ1) is 14.8. The Kier molecular flexibility index (Phi) is 4.29. The lowest BCUT2D eigenvalue weighted by molar-refractivity contribution is -0.165. The van der Waals surface area contributed by atoms with E-state index in [9.17, 15) is 4.79 Å². The van der Waals surface area contributed by atoms with Crippen LogP contribution in [0.3, 0.4) is 0 Å². The van der Waals surface area contributed by atoms with Crippen molar-refractivity contribution in [2.24, 2.45) is 0 Å². The number of rotatable bonds is 5. The van der Waals surface area contributed by atoms with Crippen molar-refractivity contribution in [2.45, 2.75) is 19.1 Å². The van der Waals surface area contributed by atoms with Gasteiger partial charge in [0.1, 0.15) is 6.61 Å². The molecule has 0 amide bonds. The largest absolute Gasteiger partial charge is 0.480 e. The van der Waals surface area contributed by atoms with Crippen molar-refractivity contribution >= 4 is 17.6 Å². The number of carbonyl (C=O) groups is 1. The van der Waals surface area contributed by atoms with Crippen LogP contribution in [0.4, 0.5) is 0 Å². The first-order valence-corrected chi connectivity index (χ1v) is 6.56. The summed E-state index contributed by atoms with van der Waals surface area (Å²) >= 11 is 6.12. The van der Waals surface area contributed by atoms with Crippen LogP contribution in [0.25, 0.3) is 0 Å². The Morgan fingerprint density at radius 1 is 1.60 bits per heavy atom. The highest BCUT2D eigenvalue weighted by Crippen LogP contribution is 2.28. The standard InChI is InChI=1S/C14H15ClN2O3/c1-14(20-7-13(18)19)8-17(9-14)6-11-3-2-10(5-16)4-12(11)15/h2-4H,6-9H2,1H3,(H,18,19). The molecule has 6 heteroatoms. The molecule has 0 aliphatic carbocycles. The Bertz CT molecular complexity index is 562. The molecule has 0 saturated carbocycles. The molecule has 0 bridgehead atoms. The summed E-state index contributed by atoms with van der Waals surface area (Å²) in [7, 11) is 0. The summed E-state index contributed by atoms with van der Waals surface area (Å²) in [5.74, 6) is -0.959. The lowest BCUT2D eigenvalue weighted by Crippen LogP contribution is -2.61. The molecule has 0 unspecified atom stereocenters. The van der Waals surface area contributed by atoms with E-state index in [1.54, 1.807) is 12.1 Å². The minimum atomic E-state index is -0.959. The molecule has 106 valence electrons. The number of halogens is 1. The number of carboxylic acid groups (broad SMARTS) is 1. The van der Waals surface area contributed by atoms with Crippen LogP contribution in [0, 0.1) is 11.3 Å². The van der Waals surface area contributed by atoms with Crippen LogP contribution in [0.2, 0.25) is 5.02 Å². The minimum absolute atomic E-state index is 0.276. The zero-order valence-corrected chi connectivity index (χ0v) is 11.9.